The molecule has 5 N–H and O–H groups in total. The summed E-state index contributed by atoms with van der Waals surface area (Å²) in [6, 6.07) is 4.09. The standard InChI is InChI=1S/C30H41FN4O6S/c31-24-11-8-9-20-18-35(19-23(20)24)28(38)41-22-15-25(32-17-22)26(36)33-30-16-21(30)10-6-4-2-1-3-5-7-12-29(13-14-29)42(39,40)34-27(30)37/h6,8-11,21-22,25,32,39-40H,1-5,7,12-19H2,(H,33,36)(H,34,37)/b10-6+/t21-,22-,25+,30-/m1/s1. The highest BCUT2D eigenvalue weighted by atomic mass is 32.3. The van der Waals surface area contributed by atoms with Gasteiger partial charge >= 0.3 is 6.09 Å². The summed E-state index contributed by atoms with van der Waals surface area (Å²) >= 11 is 0. The van der Waals surface area contributed by atoms with E-state index in [9.17, 15) is 27.9 Å². The number of allylic oxidation sites excluding steroid dienone is 1. The molecule has 230 valence electrons. The highest BCUT2D eigenvalue weighted by molar-refractivity contribution is 8.24. The van der Waals surface area contributed by atoms with Crippen molar-refractivity contribution in [3.8, 4) is 0 Å². The van der Waals surface area contributed by atoms with E-state index in [1.54, 1.807) is 12.1 Å². The van der Waals surface area contributed by atoms with E-state index >= 15 is 0 Å². The van der Waals surface area contributed by atoms with E-state index < -0.39 is 51.1 Å². The maximum Gasteiger partial charge on any atom is 0.410 e. The van der Waals surface area contributed by atoms with E-state index in [2.05, 4.69) is 21.4 Å². The van der Waals surface area contributed by atoms with Crippen molar-refractivity contribution in [3.05, 3.63) is 47.3 Å². The summed E-state index contributed by atoms with van der Waals surface area (Å²) in [6.45, 7) is 0.672. The van der Waals surface area contributed by atoms with Gasteiger partial charge in [0.1, 0.15) is 17.5 Å². The number of ether oxygens (including phenoxy) is 1. The van der Waals surface area contributed by atoms with Crippen LogP contribution in [0.2, 0.25) is 0 Å². The Morgan fingerprint density at radius 2 is 1.88 bits per heavy atom. The highest BCUT2D eigenvalue weighted by Gasteiger charge is 2.63. The number of rotatable bonds is 3. The van der Waals surface area contributed by atoms with Gasteiger partial charge in [-0.1, -0.05) is 50.0 Å². The predicted molar refractivity (Wildman–Crippen MR) is 156 cm³/mol. The fraction of sp³-hybridized carbons (Fsp3) is 0.633. The SMILES string of the molecule is O=C(N[C@]12C[C@H]1/C=C/CCCCCCCC1(CC1)S(O)(O)NC2=O)[C@@H]1C[C@@H](OC(=O)N2Cc3cccc(F)c3C2)CN1. The lowest BCUT2D eigenvalue weighted by molar-refractivity contribution is -0.130. The van der Waals surface area contributed by atoms with Crippen LogP contribution in [0.25, 0.3) is 0 Å². The largest absolute Gasteiger partial charge is 0.445 e. The molecule has 0 unspecified atom stereocenters. The van der Waals surface area contributed by atoms with Crippen LogP contribution in [0.5, 0.6) is 0 Å². The summed E-state index contributed by atoms with van der Waals surface area (Å²) in [7, 11) is -3.38. The molecule has 6 rings (SSSR count). The Bertz CT molecular complexity index is 1270. The maximum atomic E-state index is 14.1. The minimum absolute atomic E-state index is 0.137. The Labute approximate surface area is 247 Å². The molecule has 2 aliphatic carbocycles. The quantitative estimate of drug-likeness (QED) is 0.320. The first-order valence-electron chi connectivity index (χ1n) is 15.2. The minimum Gasteiger partial charge on any atom is -0.445 e. The number of amides is 3. The van der Waals surface area contributed by atoms with Crippen LogP contribution in [-0.2, 0) is 27.4 Å². The first kappa shape index (κ1) is 29.4. The molecular formula is C30H41FN4O6S. The molecule has 3 fully saturated rings. The third kappa shape index (κ3) is 5.78. The van der Waals surface area contributed by atoms with Gasteiger partial charge in [0, 0.05) is 31.0 Å². The zero-order valence-corrected chi connectivity index (χ0v) is 24.6. The van der Waals surface area contributed by atoms with Gasteiger partial charge in [0.2, 0.25) is 5.91 Å². The molecule has 1 aromatic rings. The van der Waals surface area contributed by atoms with Gasteiger partial charge in [0.25, 0.3) is 5.91 Å². The number of nitrogens with one attached hydrogen (secondary N) is 3. The van der Waals surface area contributed by atoms with Gasteiger partial charge in [0.15, 0.2) is 0 Å². The zero-order chi connectivity index (χ0) is 29.5. The van der Waals surface area contributed by atoms with Gasteiger partial charge in [-0.25, -0.2) is 9.18 Å². The number of carbonyl (C=O) groups excluding carboxylic acids is 3. The van der Waals surface area contributed by atoms with Gasteiger partial charge in [0.05, 0.1) is 17.3 Å². The van der Waals surface area contributed by atoms with Crippen molar-refractivity contribution in [3.63, 3.8) is 0 Å². The Kier molecular flexibility index (Phi) is 8.01. The summed E-state index contributed by atoms with van der Waals surface area (Å²) < 4.78 is 43.8. The van der Waals surface area contributed by atoms with Crippen molar-refractivity contribution < 1.29 is 32.6 Å². The molecule has 2 saturated carbocycles. The molecule has 5 aliphatic rings. The van der Waals surface area contributed by atoms with E-state index in [1.807, 2.05) is 6.08 Å². The number of halogens is 1. The molecule has 0 aromatic heterocycles. The first-order chi connectivity index (χ1) is 20.1. The molecule has 10 nitrogen and oxygen atoms in total. The fourth-order valence-corrected chi connectivity index (χ4v) is 8.41. The molecule has 0 radical (unpaired) electrons. The number of carbonyl (C=O) groups is 3. The van der Waals surface area contributed by atoms with Crippen molar-refractivity contribution in [2.75, 3.05) is 6.54 Å². The molecule has 1 saturated heterocycles. The van der Waals surface area contributed by atoms with Crippen molar-refractivity contribution >= 4 is 28.7 Å². The Hall–Kier alpha value is -2.67. The number of fused-ring (bicyclic) bond motifs is 2. The second kappa shape index (κ2) is 11.4. The van der Waals surface area contributed by atoms with Crippen molar-refractivity contribution in [2.24, 2.45) is 5.92 Å². The Morgan fingerprint density at radius 3 is 2.67 bits per heavy atom. The van der Waals surface area contributed by atoms with Crippen molar-refractivity contribution in [1.29, 1.82) is 0 Å². The molecular weight excluding hydrogens is 563 g/mol. The van der Waals surface area contributed by atoms with E-state index in [0.29, 0.717) is 31.2 Å². The van der Waals surface area contributed by atoms with Crippen LogP contribution in [0.15, 0.2) is 30.4 Å². The second-order valence-corrected chi connectivity index (χ2v) is 14.8. The minimum atomic E-state index is -3.38. The molecule has 12 heteroatoms. The predicted octanol–water partition coefficient (Wildman–Crippen LogP) is 4.50. The lowest BCUT2D eigenvalue weighted by Crippen LogP contribution is -2.55. The molecule has 3 amide bonds. The summed E-state index contributed by atoms with van der Waals surface area (Å²) in [5.74, 6) is -1.55. The van der Waals surface area contributed by atoms with Gasteiger partial charge < -0.3 is 15.4 Å². The topological polar surface area (TPSA) is 140 Å². The fourth-order valence-electron chi connectivity index (χ4n) is 6.65. The number of benzene rings is 1. The van der Waals surface area contributed by atoms with Crippen molar-refractivity contribution in [2.45, 2.75) is 106 Å². The smallest absolute Gasteiger partial charge is 0.410 e. The van der Waals surface area contributed by atoms with Crippen LogP contribution >= 0.6 is 10.8 Å². The Morgan fingerprint density at radius 1 is 1.10 bits per heavy atom. The van der Waals surface area contributed by atoms with Crippen molar-refractivity contribution in [1.82, 2.24) is 20.3 Å². The molecule has 1 aromatic carbocycles. The number of nitrogens with zero attached hydrogens (tertiary/aromatic N) is 1. The molecule has 42 heavy (non-hydrogen) atoms. The van der Waals surface area contributed by atoms with Crippen LogP contribution in [-0.4, -0.2) is 60.9 Å². The average Bonchev–Trinajstić information content (AvgIpc) is 3.76. The molecule has 3 heterocycles. The molecule has 1 spiro atoms. The molecule has 0 bridgehead atoms. The highest BCUT2D eigenvalue weighted by Crippen LogP contribution is 2.66. The van der Waals surface area contributed by atoms with E-state index in [4.69, 9.17) is 4.74 Å². The van der Waals surface area contributed by atoms with E-state index in [-0.39, 0.29) is 37.8 Å². The van der Waals surface area contributed by atoms with Gasteiger partial charge in [-0.05, 0) is 50.2 Å². The van der Waals surface area contributed by atoms with Crippen LogP contribution < -0.4 is 15.4 Å². The van der Waals surface area contributed by atoms with Gasteiger partial charge in [-0.15, -0.1) is 10.8 Å². The number of hydrogen-bond donors (Lipinski definition) is 5. The first-order valence-corrected chi connectivity index (χ1v) is 16.7. The van der Waals surface area contributed by atoms with Crippen LogP contribution in [0, 0.1) is 11.7 Å². The van der Waals surface area contributed by atoms with Gasteiger partial charge in [-0.2, -0.15) is 0 Å². The normalized spacial score (nSPS) is 33.3. The number of hydrogen-bond acceptors (Lipinski definition) is 7. The third-order valence-electron chi connectivity index (χ3n) is 9.64. The molecule has 3 aliphatic heterocycles. The monoisotopic (exact) mass is 604 g/mol. The van der Waals surface area contributed by atoms with Crippen LogP contribution in [0.1, 0.15) is 81.8 Å². The Balaban J connectivity index is 1.08. The lowest BCUT2D eigenvalue weighted by atomic mass is 10.1. The van der Waals surface area contributed by atoms with Crippen LogP contribution in [0.4, 0.5) is 9.18 Å². The summed E-state index contributed by atoms with van der Waals surface area (Å²) in [4.78, 5) is 41.2. The summed E-state index contributed by atoms with van der Waals surface area (Å²) in [5, 5.41) is 6.01. The summed E-state index contributed by atoms with van der Waals surface area (Å²) in [5.41, 5.74) is -0.0119. The molecule has 4 atom stereocenters. The maximum absolute atomic E-state index is 14.1. The second-order valence-electron chi connectivity index (χ2n) is 12.6. The van der Waals surface area contributed by atoms with Gasteiger partial charge in [-0.3, -0.25) is 28.3 Å². The summed E-state index contributed by atoms with van der Waals surface area (Å²) in [6.07, 6.45) is 11.6. The lowest BCUT2D eigenvalue weighted by Gasteiger charge is -2.42. The van der Waals surface area contributed by atoms with E-state index in [1.165, 1.54) is 11.0 Å². The third-order valence-corrected chi connectivity index (χ3v) is 11.9. The average molecular weight is 605 g/mol. The van der Waals surface area contributed by atoms with Crippen LogP contribution in [0.3, 0.4) is 0 Å². The zero-order valence-electron chi connectivity index (χ0n) is 23.8. The van der Waals surface area contributed by atoms with E-state index in [0.717, 1.165) is 44.1 Å².